The van der Waals surface area contributed by atoms with E-state index in [0.717, 1.165) is 116 Å². The zero-order valence-corrected chi connectivity index (χ0v) is 40.8. The fourth-order valence-corrected chi connectivity index (χ4v) is 7.99. The lowest BCUT2D eigenvalue weighted by molar-refractivity contribution is -0.145. The van der Waals surface area contributed by atoms with Gasteiger partial charge in [-0.3, -0.25) is 14.4 Å². The Labute approximate surface area is 377 Å². The summed E-state index contributed by atoms with van der Waals surface area (Å²) < 4.78 is 16.7. The Hall–Kier alpha value is -1.71. The predicted octanol–water partition coefficient (Wildman–Crippen LogP) is 13.3. The highest BCUT2D eigenvalue weighted by molar-refractivity contribution is 5.70. The molecule has 9 heteroatoms. The van der Waals surface area contributed by atoms with Crippen LogP contribution in [-0.4, -0.2) is 98.5 Å². The second kappa shape index (κ2) is 49.3. The van der Waals surface area contributed by atoms with Crippen LogP contribution in [0.2, 0.25) is 0 Å². The van der Waals surface area contributed by atoms with E-state index in [2.05, 4.69) is 30.6 Å². The van der Waals surface area contributed by atoms with Crippen LogP contribution in [0.4, 0.5) is 0 Å². The van der Waals surface area contributed by atoms with E-state index >= 15 is 0 Å². The predicted molar refractivity (Wildman–Crippen MR) is 256 cm³/mol. The van der Waals surface area contributed by atoms with E-state index in [1.807, 2.05) is 0 Å². The molecule has 0 aromatic rings. The molecule has 0 atom stereocenters. The van der Waals surface area contributed by atoms with Gasteiger partial charge in [0.15, 0.2) is 0 Å². The average molecular weight is 867 g/mol. The number of unbranched alkanes of at least 4 members (excludes halogenated alkanes) is 25. The number of rotatable bonds is 50. The van der Waals surface area contributed by atoms with E-state index in [1.54, 1.807) is 0 Å². The van der Waals surface area contributed by atoms with Crippen molar-refractivity contribution in [3.8, 4) is 0 Å². The molecule has 0 radical (unpaired) electrons. The van der Waals surface area contributed by atoms with Gasteiger partial charge in [0.2, 0.25) is 0 Å². The van der Waals surface area contributed by atoms with Gasteiger partial charge in [0.05, 0.1) is 19.8 Å². The van der Waals surface area contributed by atoms with E-state index in [4.69, 9.17) is 14.2 Å². The third-order valence-corrected chi connectivity index (χ3v) is 11.9. The minimum absolute atomic E-state index is 0.0977. The number of ether oxygens (including phenoxy) is 3. The molecule has 61 heavy (non-hydrogen) atoms. The molecule has 0 fully saturated rings. The van der Waals surface area contributed by atoms with Crippen molar-refractivity contribution in [1.82, 2.24) is 9.80 Å². The van der Waals surface area contributed by atoms with Gasteiger partial charge in [0.1, 0.15) is 0 Å². The summed E-state index contributed by atoms with van der Waals surface area (Å²) in [6.07, 6.45) is 39.7. The Bertz CT molecular complexity index is 893. The van der Waals surface area contributed by atoms with Gasteiger partial charge in [0, 0.05) is 25.9 Å². The molecule has 0 aliphatic carbocycles. The van der Waals surface area contributed by atoms with Gasteiger partial charge in [-0.2, -0.15) is 0 Å². The summed E-state index contributed by atoms with van der Waals surface area (Å²) in [7, 11) is 0. The van der Waals surface area contributed by atoms with Crippen LogP contribution in [0.15, 0.2) is 0 Å². The van der Waals surface area contributed by atoms with Crippen LogP contribution in [0.5, 0.6) is 0 Å². The van der Waals surface area contributed by atoms with Gasteiger partial charge in [-0.05, 0) is 97.1 Å². The van der Waals surface area contributed by atoms with Gasteiger partial charge in [-0.25, -0.2) is 0 Å². The third-order valence-electron chi connectivity index (χ3n) is 11.9. The Kier molecular flexibility index (Phi) is 47.9. The van der Waals surface area contributed by atoms with Crippen LogP contribution in [0.25, 0.3) is 0 Å². The molecule has 0 aliphatic heterocycles. The molecule has 0 spiro atoms. The molecule has 362 valence electrons. The number of aliphatic hydroxyl groups excluding tert-OH is 1. The van der Waals surface area contributed by atoms with Crippen LogP contribution < -0.4 is 0 Å². The zero-order valence-electron chi connectivity index (χ0n) is 40.8. The van der Waals surface area contributed by atoms with E-state index < -0.39 is 0 Å². The summed E-state index contributed by atoms with van der Waals surface area (Å²) >= 11 is 0. The number of aliphatic hydroxyl groups is 1. The van der Waals surface area contributed by atoms with Crippen LogP contribution >= 0.6 is 0 Å². The standard InChI is InChI=1S/C52H102N2O7/c1-4-7-10-13-16-19-22-25-30-47-59-50(56)37-33-41-53(40-28-29-46-55)44-36-45-54(42-34-38-51(57)60-48-31-26-23-20-17-14-11-8-5-2)43-35-39-52(58)61-49-32-27-24-21-18-15-12-9-6-3/h55H,4-49H2,1-3H3. The minimum atomic E-state index is -0.110. The molecule has 0 heterocycles. The normalized spacial score (nSPS) is 11.5. The molecular weight excluding hydrogens is 765 g/mol. The molecule has 0 unspecified atom stereocenters. The lowest BCUT2D eigenvalue weighted by atomic mass is 10.1. The van der Waals surface area contributed by atoms with Gasteiger partial charge in [-0.15, -0.1) is 0 Å². The van der Waals surface area contributed by atoms with Crippen molar-refractivity contribution in [3.63, 3.8) is 0 Å². The van der Waals surface area contributed by atoms with Crippen molar-refractivity contribution in [2.45, 2.75) is 252 Å². The molecule has 0 saturated carbocycles. The van der Waals surface area contributed by atoms with Gasteiger partial charge in [0.25, 0.3) is 0 Å². The van der Waals surface area contributed by atoms with Crippen LogP contribution in [0, 0.1) is 0 Å². The molecular formula is C52H102N2O7. The SMILES string of the molecule is CCCCCCCCCCCOC(=O)CCCN(CCCCO)CCCN(CCCC(=O)OCCCCCCCCCCC)CCCC(=O)OCCCCCCCCCCC. The lowest BCUT2D eigenvalue weighted by Crippen LogP contribution is -2.33. The Balaban J connectivity index is 4.70. The van der Waals surface area contributed by atoms with Crippen molar-refractivity contribution in [2.75, 3.05) is 65.7 Å². The largest absolute Gasteiger partial charge is 0.466 e. The summed E-state index contributed by atoms with van der Waals surface area (Å²) in [6, 6.07) is 0. The van der Waals surface area contributed by atoms with Crippen molar-refractivity contribution < 1.29 is 33.7 Å². The maximum Gasteiger partial charge on any atom is 0.305 e. The number of hydrogen-bond donors (Lipinski definition) is 1. The van der Waals surface area contributed by atoms with Crippen molar-refractivity contribution >= 4 is 17.9 Å². The molecule has 9 nitrogen and oxygen atoms in total. The Morgan fingerprint density at radius 3 is 0.836 bits per heavy atom. The second-order valence-electron chi connectivity index (χ2n) is 17.9. The monoisotopic (exact) mass is 867 g/mol. The fraction of sp³-hybridized carbons (Fsp3) is 0.942. The highest BCUT2D eigenvalue weighted by Gasteiger charge is 2.13. The highest BCUT2D eigenvalue weighted by Crippen LogP contribution is 2.13. The van der Waals surface area contributed by atoms with E-state index in [1.165, 1.54) is 135 Å². The number of nitrogens with zero attached hydrogens (tertiary/aromatic N) is 2. The van der Waals surface area contributed by atoms with Crippen molar-refractivity contribution in [3.05, 3.63) is 0 Å². The lowest BCUT2D eigenvalue weighted by Gasteiger charge is -2.26. The molecule has 0 aliphatic rings. The summed E-state index contributed by atoms with van der Waals surface area (Å²) in [4.78, 5) is 42.4. The number of esters is 3. The van der Waals surface area contributed by atoms with Crippen molar-refractivity contribution in [1.29, 1.82) is 0 Å². The van der Waals surface area contributed by atoms with Crippen LogP contribution in [-0.2, 0) is 28.6 Å². The summed E-state index contributed by atoms with van der Waals surface area (Å²) in [5, 5.41) is 9.41. The van der Waals surface area contributed by atoms with Crippen molar-refractivity contribution in [2.24, 2.45) is 0 Å². The van der Waals surface area contributed by atoms with Gasteiger partial charge in [-0.1, -0.05) is 175 Å². The summed E-state index contributed by atoms with van der Waals surface area (Å²) in [5.74, 6) is -0.317. The summed E-state index contributed by atoms with van der Waals surface area (Å²) in [6.45, 7) is 13.6. The maximum absolute atomic E-state index is 12.6. The quantitative estimate of drug-likeness (QED) is 0.0363. The Morgan fingerprint density at radius 2 is 0.557 bits per heavy atom. The first-order chi connectivity index (χ1) is 30.0. The van der Waals surface area contributed by atoms with Gasteiger partial charge < -0.3 is 29.1 Å². The Morgan fingerprint density at radius 1 is 0.311 bits per heavy atom. The fourth-order valence-electron chi connectivity index (χ4n) is 7.99. The second-order valence-corrected chi connectivity index (χ2v) is 17.9. The minimum Gasteiger partial charge on any atom is -0.466 e. The molecule has 1 N–H and O–H groups in total. The number of carbonyl (C=O) groups is 3. The van der Waals surface area contributed by atoms with E-state index in [0.29, 0.717) is 39.1 Å². The maximum atomic E-state index is 12.6. The van der Waals surface area contributed by atoms with Crippen LogP contribution in [0.3, 0.4) is 0 Å². The molecule has 0 saturated heterocycles. The molecule has 0 aromatic carbocycles. The molecule has 0 rings (SSSR count). The van der Waals surface area contributed by atoms with E-state index in [9.17, 15) is 19.5 Å². The highest BCUT2D eigenvalue weighted by atomic mass is 16.5. The number of hydrogen-bond acceptors (Lipinski definition) is 9. The number of carbonyl (C=O) groups excluding carboxylic acids is 3. The van der Waals surface area contributed by atoms with Gasteiger partial charge >= 0.3 is 17.9 Å². The first kappa shape index (κ1) is 59.3. The topological polar surface area (TPSA) is 106 Å². The zero-order chi connectivity index (χ0) is 44.5. The average Bonchev–Trinajstić information content (AvgIpc) is 3.25. The summed E-state index contributed by atoms with van der Waals surface area (Å²) in [5.41, 5.74) is 0. The van der Waals surface area contributed by atoms with Crippen LogP contribution in [0.1, 0.15) is 252 Å². The molecule has 0 bridgehead atoms. The smallest absolute Gasteiger partial charge is 0.305 e. The third kappa shape index (κ3) is 46.1. The first-order valence-electron chi connectivity index (χ1n) is 26.5. The molecule has 0 amide bonds. The van der Waals surface area contributed by atoms with E-state index in [-0.39, 0.29) is 24.5 Å². The first-order valence-corrected chi connectivity index (χ1v) is 26.5. The molecule has 0 aromatic heterocycles.